The third-order valence-corrected chi connectivity index (χ3v) is 7.48. The van der Waals surface area contributed by atoms with Gasteiger partial charge >= 0.3 is 4.87 Å². The van der Waals surface area contributed by atoms with Crippen molar-refractivity contribution in [2.24, 2.45) is 0 Å². The quantitative estimate of drug-likeness (QED) is 0.669. The van der Waals surface area contributed by atoms with Gasteiger partial charge in [0.05, 0.1) is 15.1 Å². The summed E-state index contributed by atoms with van der Waals surface area (Å²) in [6.07, 6.45) is 2.45. The zero-order chi connectivity index (χ0) is 19.7. The van der Waals surface area contributed by atoms with Gasteiger partial charge < -0.3 is 4.90 Å². The molecular weight excluding hydrogens is 394 g/mol. The van der Waals surface area contributed by atoms with E-state index in [0.717, 1.165) is 35.5 Å². The SMILES string of the molecule is CCn1c(=O)sc2cc(S(=O)(=O)NCc3ccc(N4CCCC4)cc3)ccc21. The normalized spacial score (nSPS) is 14.8. The Morgan fingerprint density at radius 2 is 1.79 bits per heavy atom. The molecule has 148 valence electrons. The number of anilines is 1. The summed E-state index contributed by atoms with van der Waals surface area (Å²) in [5.41, 5.74) is 2.87. The van der Waals surface area contributed by atoms with Crippen LogP contribution in [0.2, 0.25) is 0 Å². The lowest BCUT2D eigenvalue weighted by Gasteiger charge is -2.17. The van der Waals surface area contributed by atoms with Crippen LogP contribution in [0.25, 0.3) is 10.2 Å². The van der Waals surface area contributed by atoms with Crippen molar-refractivity contribution in [3.63, 3.8) is 0 Å². The van der Waals surface area contributed by atoms with Gasteiger partial charge in [-0.1, -0.05) is 23.5 Å². The first-order valence-electron chi connectivity index (χ1n) is 9.45. The van der Waals surface area contributed by atoms with Crippen LogP contribution in [0.3, 0.4) is 0 Å². The Labute approximate surface area is 168 Å². The maximum atomic E-state index is 12.7. The van der Waals surface area contributed by atoms with Gasteiger partial charge in [0.25, 0.3) is 0 Å². The number of nitrogens with zero attached hydrogens (tertiary/aromatic N) is 2. The van der Waals surface area contributed by atoms with Gasteiger partial charge in [0.1, 0.15) is 0 Å². The fourth-order valence-electron chi connectivity index (χ4n) is 3.57. The molecule has 1 fully saturated rings. The van der Waals surface area contributed by atoms with Gasteiger partial charge in [0.15, 0.2) is 0 Å². The molecule has 0 aliphatic carbocycles. The van der Waals surface area contributed by atoms with Gasteiger partial charge in [0, 0.05) is 31.9 Å². The molecule has 0 bridgehead atoms. The lowest BCUT2D eigenvalue weighted by molar-refractivity contribution is 0.581. The van der Waals surface area contributed by atoms with E-state index in [1.54, 1.807) is 22.8 Å². The highest BCUT2D eigenvalue weighted by atomic mass is 32.2. The number of aromatic nitrogens is 1. The van der Waals surface area contributed by atoms with E-state index >= 15 is 0 Å². The number of nitrogens with one attached hydrogen (secondary N) is 1. The average molecular weight is 418 g/mol. The Morgan fingerprint density at radius 1 is 1.07 bits per heavy atom. The summed E-state index contributed by atoms with van der Waals surface area (Å²) in [7, 11) is -3.65. The van der Waals surface area contributed by atoms with Gasteiger partial charge in [-0.2, -0.15) is 0 Å². The Hall–Kier alpha value is -2.16. The predicted molar refractivity (Wildman–Crippen MR) is 114 cm³/mol. The van der Waals surface area contributed by atoms with Crippen molar-refractivity contribution in [1.82, 2.24) is 9.29 Å². The molecule has 1 aliphatic rings. The molecule has 8 heteroatoms. The average Bonchev–Trinajstić information content (AvgIpc) is 3.33. The van der Waals surface area contributed by atoms with Crippen LogP contribution in [0.5, 0.6) is 0 Å². The van der Waals surface area contributed by atoms with Crippen molar-refractivity contribution >= 4 is 37.3 Å². The number of sulfonamides is 1. The van der Waals surface area contributed by atoms with E-state index < -0.39 is 10.0 Å². The second-order valence-corrected chi connectivity index (χ2v) is 9.69. The Kier molecular flexibility index (Phi) is 5.27. The maximum Gasteiger partial charge on any atom is 0.308 e. The minimum atomic E-state index is -3.65. The molecule has 0 atom stereocenters. The van der Waals surface area contributed by atoms with E-state index in [2.05, 4.69) is 9.62 Å². The molecule has 0 unspecified atom stereocenters. The largest absolute Gasteiger partial charge is 0.372 e. The second kappa shape index (κ2) is 7.69. The molecule has 0 saturated carbocycles. The van der Waals surface area contributed by atoms with Gasteiger partial charge in [0.2, 0.25) is 10.0 Å². The zero-order valence-corrected chi connectivity index (χ0v) is 17.4. The molecule has 2 aromatic carbocycles. The number of aryl methyl sites for hydroxylation is 1. The molecule has 0 spiro atoms. The number of fused-ring (bicyclic) bond motifs is 1. The predicted octanol–water partition coefficient (Wildman–Crippen LogP) is 3.16. The smallest absolute Gasteiger partial charge is 0.308 e. The minimum absolute atomic E-state index is 0.0712. The van der Waals surface area contributed by atoms with Crippen molar-refractivity contribution in [1.29, 1.82) is 0 Å². The number of hydrogen-bond donors (Lipinski definition) is 1. The van der Waals surface area contributed by atoms with E-state index in [0.29, 0.717) is 11.2 Å². The molecule has 1 saturated heterocycles. The molecular formula is C20H23N3O3S2. The fraction of sp³-hybridized carbons (Fsp3) is 0.350. The van der Waals surface area contributed by atoms with E-state index in [1.807, 2.05) is 31.2 Å². The molecule has 6 nitrogen and oxygen atoms in total. The summed E-state index contributed by atoms with van der Waals surface area (Å²) >= 11 is 1.07. The Bertz CT molecular complexity index is 1140. The van der Waals surface area contributed by atoms with Gasteiger partial charge in [-0.15, -0.1) is 0 Å². The third kappa shape index (κ3) is 3.72. The monoisotopic (exact) mass is 417 g/mol. The van der Waals surface area contributed by atoms with Crippen LogP contribution in [0.15, 0.2) is 52.2 Å². The molecule has 4 rings (SSSR count). The standard InChI is InChI=1S/C20H23N3O3S2/c1-2-23-18-10-9-17(13-19(18)27-20(23)24)28(25,26)21-14-15-5-7-16(8-6-15)22-11-3-4-12-22/h5-10,13,21H,2-4,11-12,14H2,1H3. The molecule has 3 aromatic rings. The first-order chi connectivity index (χ1) is 13.5. The summed E-state index contributed by atoms with van der Waals surface area (Å²) in [5, 5.41) is 0. The van der Waals surface area contributed by atoms with Gasteiger partial charge in [-0.3, -0.25) is 9.36 Å². The molecule has 0 radical (unpaired) electrons. The lowest BCUT2D eigenvalue weighted by Crippen LogP contribution is -2.23. The highest BCUT2D eigenvalue weighted by Gasteiger charge is 2.17. The van der Waals surface area contributed by atoms with Crippen LogP contribution < -0.4 is 14.5 Å². The summed E-state index contributed by atoms with van der Waals surface area (Å²) in [6, 6.07) is 12.9. The topological polar surface area (TPSA) is 71.4 Å². The molecule has 2 heterocycles. The summed E-state index contributed by atoms with van der Waals surface area (Å²) in [5.74, 6) is 0. The number of hydrogen-bond acceptors (Lipinski definition) is 5. The number of benzene rings is 2. The van der Waals surface area contributed by atoms with E-state index in [1.165, 1.54) is 18.5 Å². The van der Waals surface area contributed by atoms with Crippen molar-refractivity contribution in [2.45, 2.75) is 37.8 Å². The first kappa shape index (κ1) is 19.2. The Balaban J connectivity index is 1.49. The summed E-state index contributed by atoms with van der Waals surface area (Å²) in [6.45, 7) is 4.86. The summed E-state index contributed by atoms with van der Waals surface area (Å²) in [4.78, 5) is 14.4. The van der Waals surface area contributed by atoms with Crippen LogP contribution in [0, 0.1) is 0 Å². The van der Waals surface area contributed by atoms with Crippen LogP contribution >= 0.6 is 11.3 Å². The molecule has 1 aromatic heterocycles. The van der Waals surface area contributed by atoms with Crippen LogP contribution in [0.1, 0.15) is 25.3 Å². The minimum Gasteiger partial charge on any atom is -0.372 e. The molecule has 1 N–H and O–H groups in total. The highest BCUT2D eigenvalue weighted by Crippen LogP contribution is 2.23. The van der Waals surface area contributed by atoms with Crippen LogP contribution in [-0.4, -0.2) is 26.1 Å². The van der Waals surface area contributed by atoms with E-state index in [4.69, 9.17) is 0 Å². The van der Waals surface area contributed by atoms with E-state index in [-0.39, 0.29) is 16.3 Å². The fourth-order valence-corrected chi connectivity index (χ4v) is 5.69. The molecule has 1 aliphatic heterocycles. The van der Waals surface area contributed by atoms with Crippen molar-refractivity contribution in [3.05, 3.63) is 57.7 Å². The summed E-state index contributed by atoms with van der Waals surface area (Å²) < 4.78 is 30.4. The number of thiazole rings is 1. The van der Waals surface area contributed by atoms with Gasteiger partial charge in [-0.05, 0) is 55.7 Å². The van der Waals surface area contributed by atoms with Crippen LogP contribution in [-0.2, 0) is 23.1 Å². The molecule has 0 amide bonds. The van der Waals surface area contributed by atoms with Crippen molar-refractivity contribution < 1.29 is 8.42 Å². The van der Waals surface area contributed by atoms with E-state index in [9.17, 15) is 13.2 Å². The second-order valence-electron chi connectivity index (χ2n) is 6.93. The van der Waals surface area contributed by atoms with Gasteiger partial charge in [-0.25, -0.2) is 13.1 Å². The lowest BCUT2D eigenvalue weighted by atomic mass is 10.2. The Morgan fingerprint density at radius 3 is 2.46 bits per heavy atom. The zero-order valence-electron chi connectivity index (χ0n) is 15.7. The highest BCUT2D eigenvalue weighted by molar-refractivity contribution is 7.89. The third-order valence-electron chi connectivity index (χ3n) is 5.14. The van der Waals surface area contributed by atoms with Crippen molar-refractivity contribution in [3.8, 4) is 0 Å². The number of rotatable bonds is 6. The molecule has 28 heavy (non-hydrogen) atoms. The van der Waals surface area contributed by atoms with Crippen molar-refractivity contribution in [2.75, 3.05) is 18.0 Å². The maximum absolute atomic E-state index is 12.7. The first-order valence-corrected chi connectivity index (χ1v) is 11.7. The van der Waals surface area contributed by atoms with Crippen LogP contribution in [0.4, 0.5) is 5.69 Å².